The van der Waals surface area contributed by atoms with Crippen molar-refractivity contribution in [2.75, 3.05) is 13.7 Å². The molecule has 0 aliphatic heterocycles. The van der Waals surface area contributed by atoms with E-state index in [0.29, 0.717) is 7.18 Å². The van der Waals surface area contributed by atoms with Gasteiger partial charge < -0.3 is 10.8 Å². The van der Waals surface area contributed by atoms with Crippen molar-refractivity contribution in [2.24, 2.45) is 5.73 Å². The van der Waals surface area contributed by atoms with E-state index in [4.69, 9.17) is 5.73 Å². The van der Waals surface area contributed by atoms with E-state index in [2.05, 4.69) is 0 Å². The maximum Gasteiger partial charge on any atom is 0.0912 e. The first kappa shape index (κ1) is 16.5. The van der Waals surface area contributed by atoms with E-state index in [1.165, 1.54) is 5.56 Å². The summed E-state index contributed by atoms with van der Waals surface area (Å²) in [6.45, 7) is 6.29. The Morgan fingerprint density at radius 3 is 1.93 bits per heavy atom. The molecule has 88 valence electrons. The highest BCUT2D eigenvalue weighted by molar-refractivity contribution is 5.23. The molecule has 1 rings (SSSR count). The molecule has 0 aromatic heterocycles. The quantitative estimate of drug-likeness (QED) is 0.796. The molecule has 15 heavy (non-hydrogen) atoms. The number of hydrogen-bond donors (Lipinski definition) is 2. The monoisotopic (exact) mass is 215 g/mol. The van der Waals surface area contributed by atoms with E-state index in [0.717, 1.165) is 5.56 Å². The van der Waals surface area contributed by atoms with Gasteiger partial charge in [0.1, 0.15) is 0 Å². The summed E-state index contributed by atoms with van der Waals surface area (Å²) in [7, 11) is 0.500. The van der Waals surface area contributed by atoms with E-state index < -0.39 is 6.10 Å². The number of aliphatic hydroxyl groups excluding tert-OH is 1. The zero-order valence-corrected chi connectivity index (χ0v) is 10.00. The van der Waals surface area contributed by atoms with Crippen molar-refractivity contribution < 1.29 is 9.50 Å². The molecule has 1 aromatic rings. The average molecular weight is 215 g/mol. The van der Waals surface area contributed by atoms with E-state index in [1.807, 2.05) is 45.0 Å². The van der Waals surface area contributed by atoms with Crippen LogP contribution in [0.1, 0.15) is 31.1 Å². The van der Waals surface area contributed by atoms with Gasteiger partial charge in [0.15, 0.2) is 0 Å². The number of halogens is 1. The molecule has 0 saturated heterocycles. The van der Waals surface area contributed by atoms with Gasteiger partial charge in [0, 0.05) is 6.54 Å². The molecule has 0 amide bonds. The van der Waals surface area contributed by atoms with Crippen molar-refractivity contribution in [2.45, 2.75) is 26.9 Å². The van der Waals surface area contributed by atoms with Crippen LogP contribution in [-0.2, 0) is 0 Å². The van der Waals surface area contributed by atoms with Crippen molar-refractivity contribution in [3.05, 3.63) is 35.4 Å². The van der Waals surface area contributed by atoms with Gasteiger partial charge in [-0.1, -0.05) is 43.7 Å². The minimum absolute atomic E-state index is 0.281. The molecule has 1 atom stereocenters. The first-order valence-corrected chi connectivity index (χ1v) is 5.06. The molecule has 3 N–H and O–H groups in total. The van der Waals surface area contributed by atoms with E-state index >= 15 is 0 Å². The molecule has 0 saturated carbocycles. The first-order valence-electron chi connectivity index (χ1n) is 5.06. The van der Waals surface area contributed by atoms with Gasteiger partial charge in [0.2, 0.25) is 0 Å². The van der Waals surface area contributed by atoms with Gasteiger partial charge in [-0.3, -0.25) is 4.39 Å². The molecule has 0 spiro atoms. The fourth-order valence-electron chi connectivity index (χ4n) is 0.925. The fraction of sp³-hybridized carbons (Fsp3) is 0.500. The Balaban J connectivity index is 0. The smallest absolute Gasteiger partial charge is 0.0912 e. The van der Waals surface area contributed by atoms with Gasteiger partial charge in [-0.25, -0.2) is 0 Å². The van der Waals surface area contributed by atoms with Gasteiger partial charge in [-0.2, -0.15) is 0 Å². The summed E-state index contributed by atoms with van der Waals surface area (Å²) in [5.41, 5.74) is 7.37. The third kappa shape index (κ3) is 7.05. The first-order chi connectivity index (χ1) is 7.24. The van der Waals surface area contributed by atoms with E-state index in [1.54, 1.807) is 0 Å². The lowest BCUT2D eigenvalue weighted by atomic mass is 10.1. The number of nitrogens with two attached hydrogens (primary N) is 1. The Labute approximate surface area is 91.9 Å². The molecule has 0 aliphatic carbocycles. The summed E-state index contributed by atoms with van der Waals surface area (Å²) in [6, 6.07) is 7.72. The van der Waals surface area contributed by atoms with Crippen LogP contribution in [0, 0.1) is 6.92 Å². The lowest BCUT2D eigenvalue weighted by molar-refractivity contribution is 0.187. The number of hydrogen-bond acceptors (Lipinski definition) is 2. The molecule has 0 aliphatic rings. The van der Waals surface area contributed by atoms with Crippen molar-refractivity contribution in [1.82, 2.24) is 0 Å². The summed E-state index contributed by atoms with van der Waals surface area (Å²) in [5.74, 6) is 0. The van der Waals surface area contributed by atoms with Crippen LogP contribution < -0.4 is 5.73 Å². The van der Waals surface area contributed by atoms with Crippen LogP contribution in [0.3, 0.4) is 0 Å². The Bertz CT molecular complexity index is 224. The molecule has 1 unspecified atom stereocenters. The van der Waals surface area contributed by atoms with Gasteiger partial charge in [0.05, 0.1) is 13.3 Å². The number of aryl methyl sites for hydroxylation is 1. The molecule has 1 aromatic carbocycles. The second-order valence-corrected chi connectivity index (χ2v) is 2.66. The molecule has 3 heteroatoms. The van der Waals surface area contributed by atoms with Crippen LogP contribution in [0.15, 0.2) is 24.3 Å². The Morgan fingerprint density at radius 2 is 1.60 bits per heavy atom. The van der Waals surface area contributed by atoms with Crippen LogP contribution in [-0.4, -0.2) is 18.8 Å². The normalized spacial score (nSPS) is 10.3. The maximum absolute atomic E-state index is 9.50. The minimum Gasteiger partial charge on any atom is -0.387 e. The van der Waals surface area contributed by atoms with E-state index in [9.17, 15) is 9.50 Å². The predicted molar refractivity (Wildman–Crippen MR) is 63.6 cm³/mol. The van der Waals surface area contributed by atoms with Gasteiger partial charge >= 0.3 is 0 Å². The second kappa shape index (κ2) is 11.1. The highest BCUT2D eigenvalue weighted by Crippen LogP contribution is 2.11. The largest absolute Gasteiger partial charge is 0.387 e. The summed E-state index contributed by atoms with van der Waals surface area (Å²) < 4.78 is 9.50. The number of alkyl halides is 1. The lowest BCUT2D eigenvalue weighted by Gasteiger charge is -2.07. The molecular weight excluding hydrogens is 193 g/mol. The standard InChI is InChI=1S/C9H13NO.C2H6.CH3F/c1-7-2-4-8(5-3-7)9(11)6-10;2*1-2/h2-5,9,11H,6,10H2,1H3;1-2H3;1H3. The van der Waals surface area contributed by atoms with Crippen LogP contribution in [0.5, 0.6) is 0 Å². The summed E-state index contributed by atoms with van der Waals surface area (Å²) >= 11 is 0. The van der Waals surface area contributed by atoms with Gasteiger partial charge in [-0.15, -0.1) is 0 Å². The fourth-order valence-corrected chi connectivity index (χ4v) is 0.925. The zero-order chi connectivity index (χ0) is 12.3. The van der Waals surface area contributed by atoms with Crippen molar-refractivity contribution in [3.8, 4) is 0 Å². The van der Waals surface area contributed by atoms with Crippen molar-refractivity contribution in [3.63, 3.8) is 0 Å². The van der Waals surface area contributed by atoms with Gasteiger partial charge in [-0.05, 0) is 12.5 Å². The SMILES string of the molecule is CC.CF.Cc1ccc(C(O)CN)cc1. The second-order valence-electron chi connectivity index (χ2n) is 2.66. The highest BCUT2D eigenvalue weighted by Gasteiger charge is 2.02. The zero-order valence-electron chi connectivity index (χ0n) is 10.00. The Kier molecular flexibility index (Phi) is 12.3. The van der Waals surface area contributed by atoms with Crippen LogP contribution in [0.2, 0.25) is 0 Å². The Hall–Kier alpha value is -0.930. The van der Waals surface area contributed by atoms with Crippen LogP contribution >= 0.6 is 0 Å². The molecule has 0 bridgehead atoms. The number of benzene rings is 1. The van der Waals surface area contributed by atoms with Crippen molar-refractivity contribution in [1.29, 1.82) is 0 Å². The molecular formula is C12H22FNO. The van der Waals surface area contributed by atoms with E-state index in [-0.39, 0.29) is 6.54 Å². The average Bonchev–Trinajstić information content (AvgIpc) is 2.34. The third-order valence-corrected chi connectivity index (χ3v) is 1.69. The molecule has 0 radical (unpaired) electrons. The van der Waals surface area contributed by atoms with Crippen LogP contribution in [0.4, 0.5) is 4.39 Å². The molecule has 2 nitrogen and oxygen atoms in total. The third-order valence-electron chi connectivity index (χ3n) is 1.69. The van der Waals surface area contributed by atoms with Gasteiger partial charge in [0.25, 0.3) is 0 Å². The summed E-state index contributed by atoms with van der Waals surface area (Å²) in [4.78, 5) is 0. The number of rotatable bonds is 2. The Morgan fingerprint density at radius 1 is 1.20 bits per heavy atom. The summed E-state index contributed by atoms with van der Waals surface area (Å²) in [6.07, 6.45) is -0.518. The summed E-state index contributed by atoms with van der Waals surface area (Å²) in [5, 5.41) is 9.30. The topological polar surface area (TPSA) is 46.2 Å². The predicted octanol–water partition coefficient (Wildman–Crippen LogP) is 2.60. The van der Waals surface area contributed by atoms with Crippen molar-refractivity contribution >= 4 is 0 Å². The molecule has 0 heterocycles. The van der Waals surface area contributed by atoms with Crippen LogP contribution in [0.25, 0.3) is 0 Å². The minimum atomic E-state index is -0.518. The highest BCUT2D eigenvalue weighted by atomic mass is 19.1. The maximum atomic E-state index is 9.50. The number of aliphatic hydroxyl groups is 1. The lowest BCUT2D eigenvalue weighted by Crippen LogP contribution is -2.11. The molecule has 0 fully saturated rings.